The first-order valence-corrected chi connectivity index (χ1v) is 13.2. The number of hydrogen-bond donors (Lipinski definition) is 1. The van der Waals surface area contributed by atoms with Crippen molar-refractivity contribution in [3.8, 4) is 0 Å². The number of amides is 2. The van der Waals surface area contributed by atoms with Gasteiger partial charge in [-0.3, -0.25) is 9.59 Å². The number of hydrogen-bond acceptors (Lipinski definition) is 4. The summed E-state index contributed by atoms with van der Waals surface area (Å²) in [6, 6.07) is 12.0. The number of para-hydroxylation sites is 1. The Kier molecular flexibility index (Phi) is 9.62. The van der Waals surface area contributed by atoms with E-state index in [2.05, 4.69) is 5.32 Å². The highest BCUT2D eigenvalue weighted by Crippen LogP contribution is 2.24. The zero-order valence-electron chi connectivity index (χ0n) is 22.1. The average molecular weight is 521 g/mol. The number of halogens is 1. The number of aryl methyl sites for hydroxylation is 1. The van der Waals surface area contributed by atoms with E-state index >= 15 is 0 Å². The van der Waals surface area contributed by atoms with Crippen LogP contribution in [-0.4, -0.2) is 61.7 Å². The standard InChI is InChI=1S/C26H37FN4O4S/c1-8-22(25(33)28-26(3,4)5)30(17-20-15-13-19(2)14-16-20)24(32)18-31(36(34,35)29(6)7)23-12-10-9-11-21(23)27/h9-16,22H,8,17-18H2,1-7H3,(H,28,33)/t22-/m1/s1. The van der Waals surface area contributed by atoms with Crippen LogP contribution >= 0.6 is 0 Å². The largest absolute Gasteiger partial charge is 0.350 e. The molecule has 0 unspecified atom stereocenters. The quantitative estimate of drug-likeness (QED) is 0.520. The third-order valence-electron chi connectivity index (χ3n) is 5.50. The number of carbonyl (C=O) groups excluding carboxylic acids is 2. The molecule has 2 aromatic carbocycles. The lowest BCUT2D eigenvalue weighted by Crippen LogP contribution is -2.55. The molecule has 0 aromatic heterocycles. The minimum Gasteiger partial charge on any atom is -0.350 e. The van der Waals surface area contributed by atoms with E-state index in [4.69, 9.17) is 0 Å². The summed E-state index contributed by atoms with van der Waals surface area (Å²) in [5.41, 5.74) is 1.04. The smallest absolute Gasteiger partial charge is 0.304 e. The second kappa shape index (κ2) is 11.8. The Balaban J connectivity index is 2.53. The molecule has 0 saturated heterocycles. The van der Waals surface area contributed by atoms with Crippen molar-refractivity contribution in [2.24, 2.45) is 0 Å². The van der Waals surface area contributed by atoms with Crippen LogP contribution in [0.25, 0.3) is 0 Å². The number of nitrogens with zero attached hydrogens (tertiary/aromatic N) is 3. The summed E-state index contributed by atoms with van der Waals surface area (Å²) in [4.78, 5) is 28.3. The summed E-state index contributed by atoms with van der Waals surface area (Å²) in [5.74, 6) is -1.75. The van der Waals surface area contributed by atoms with Gasteiger partial charge < -0.3 is 10.2 Å². The zero-order valence-corrected chi connectivity index (χ0v) is 22.9. The van der Waals surface area contributed by atoms with Gasteiger partial charge in [0.05, 0.1) is 5.69 Å². The van der Waals surface area contributed by atoms with Crippen LogP contribution in [0.3, 0.4) is 0 Å². The second-order valence-corrected chi connectivity index (χ2v) is 12.0. The SMILES string of the molecule is CC[C@H](C(=O)NC(C)(C)C)N(Cc1ccc(C)cc1)C(=O)CN(c1ccccc1F)S(=O)(=O)N(C)C. The summed E-state index contributed by atoms with van der Waals surface area (Å²) < 4.78 is 42.6. The fourth-order valence-corrected chi connectivity index (χ4v) is 4.68. The van der Waals surface area contributed by atoms with Gasteiger partial charge in [-0.15, -0.1) is 0 Å². The van der Waals surface area contributed by atoms with E-state index in [1.54, 1.807) is 6.92 Å². The Morgan fingerprint density at radius 1 is 1.03 bits per heavy atom. The van der Waals surface area contributed by atoms with Crippen LogP contribution in [0.2, 0.25) is 0 Å². The monoisotopic (exact) mass is 520 g/mol. The zero-order chi connectivity index (χ0) is 27.3. The Bertz CT molecular complexity index is 1160. The van der Waals surface area contributed by atoms with Gasteiger partial charge in [0.1, 0.15) is 18.4 Å². The molecule has 0 bridgehead atoms. The molecular formula is C26H37FN4O4S. The summed E-state index contributed by atoms with van der Waals surface area (Å²) in [7, 11) is -1.61. The van der Waals surface area contributed by atoms with E-state index in [1.807, 2.05) is 52.0 Å². The molecule has 36 heavy (non-hydrogen) atoms. The van der Waals surface area contributed by atoms with Crippen molar-refractivity contribution in [2.75, 3.05) is 24.9 Å². The molecule has 0 fully saturated rings. The Morgan fingerprint density at radius 3 is 2.11 bits per heavy atom. The summed E-state index contributed by atoms with van der Waals surface area (Å²) in [6.45, 7) is 8.66. The van der Waals surface area contributed by atoms with Gasteiger partial charge in [0.15, 0.2) is 0 Å². The van der Waals surface area contributed by atoms with Gasteiger partial charge in [0.25, 0.3) is 0 Å². The van der Waals surface area contributed by atoms with Crippen LogP contribution in [0.15, 0.2) is 48.5 Å². The molecule has 2 aromatic rings. The number of rotatable bonds is 10. The number of benzene rings is 2. The van der Waals surface area contributed by atoms with E-state index in [1.165, 1.54) is 37.2 Å². The molecule has 0 radical (unpaired) electrons. The van der Waals surface area contributed by atoms with Gasteiger partial charge in [-0.05, 0) is 51.8 Å². The fourth-order valence-electron chi connectivity index (χ4n) is 3.62. The molecule has 10 heteroatoms. The maximum Gasteiger partial charge on any atom is 0.304 e. The predicted octanol–water partition coefficient (Wildman–Crippen LogP) is 3.47. The van der Waals surface area contributed by atoms with Crippen LogP contribution in [0, 0.1) is 12.7 Å². The molecule has 8 nitrogen and oxygen atoms in total. The van der Waals surface area contributed by atoms with Crippen molar-refractivity contribution in [2.45, 2.75) is 59.2 Å². The summed E-state index contributed by atoms with van der Waals surface area (Å²) in [5, 5.41) is 2.91. The average Bonchev–Trinajstić information content (AvgIpc) is 2.77. The molecule has 0 spiro atoms. The van der Waals surface area contributed by atoms with Crippen molar-refractivity contribution in [3.63, 3.8) is 0 Å². The van der Waals surface area contributed by atoms with Crippen LogP contribution in [0.5, 0.6) is 0 Å². The maximum absolute atomic E-state index is 14.7. The van der Waals surface area contributed by atoms with E-state index in [-0.39, 0.29) is 18.1 Å². The van der Waals surface area contributed by atoms with Crippen LogP contribution in [0.4, 0.5) is 10.1 Å². The number of carbonyl (C=O) groups is 2. The van der Waals surface area contributed by atoms with E-state index in [0.717, 1.165) is 25.8 Å². The van der Waals surface area contributed by atoms with Gasteiger partial charge in [-0.1, -0.05) is 48.9 Å². The molecule has 2 amide bonds. The Morgan fingerprint density at radius 2 is 1.61 bits per heavy atom. The van der Waals surface area contributed by atoms with Crippen molar-refractivity contribution in [1.82, 2.24) is 14.5 Å². The molecule has 1 N–H and O–H groups in total. The Hall–Kier alpha value is -2.98. The lowest BCUT2D eigenvalue weighted by atomic mass is 10.1. The highest BCUT2D eigenvalue weighted by molar-refractivity contribution is 7.90. The van der Waals surface area contributed by atoms with E-state index < -0.39 is 40.1 Å². The minimum absolute atomic E-state index is 0.0856. The Labute approximate surface area is 214 Å². The fraction of sp³-hybridized carbons (Fsp3) is 0.462. The summed E-state index contributed by atoms with van der Waals surface area (Å²) in [6.07, 6.45) is 0.305. The van der Waals surface area contributed by atoms with Gasteiger partial charge in [0.2, 0.25) is 11.8 Å². The lowest BCUT2D eigenvalue weighted by Gasteiger charge is -2.35. The first-order valence-electron chi connectivity index (χ1n) is 11.8. The lowest BCUT2D eigenvalue weighted by molar-refractivity contribution is -0.141. The molecule has 0 aliphatic rings. The van der Waals surface area contributed by atoms with Gasteiger partial charge in [-0.25, -0.2) is 8.70 Å². The molecule has 198 valence electrons. The normalized spacial score (nSPS) is 12.8. The van der Waals surface area contributed by atoms with Gasteiger partial charge in [-0.2, -0.15) is 12.7 Å². The third-order valence-corrected chi connectivity index (χ3v) is 7.30. The first-order chi connectivity index (χ1) is 16.7. The molecule has 0 aliphatic carbocycles. The number of anilines is 1. The molecule has 2 rings (SSSR count). The highest BCUT2D eigenvalue weighted by Gasteiger charge is 2.35. The van der Waals surface area contributed by atoms with Crippen molar-refractivity contribution >= 4 is 27.7 Å². The van der Waals surface area contributed by atoms with E-state index in [0.29, 0.717) is 6.42 Å². The summed E-state index contributed by atoms with van der Waals surface area (Å²) >= 11 is 0. The molecule has 0 heterocycles. The van der Waals surface area contributed by atoms with Crippen LogP contribution < -0.4 is 9.62 Å². The van der Waals surface area contributed by atoms with Crippen LogP contribution in [-0.2, 0) is 26.3 Å². The van der Waals surface area contributed by atoms with Crippen molar-refractivity contribution in [3.05, 3.63) is 65.5 Å². The molecule has 0 saturated carbocycles. The van der Waals surface area contributed by atoms with Crippen molar-refractivity contribution < 1.29 is 22.4 Å². The van der Waals surface area contributed by atoms with Gasteiger partial charge >= 0.3 is 10.2 Å². The maximum atomic E-state index is 14.7. The number of nitrogens with one attached hydrogen (secondary N) is 1. The highest BCUT2D eigenvalue weighted by atomic mass is 32.2. The predicted molar refractivity (Wildman–Crippen MR) is 140 cm³/mol. The third kappa shape index (κ3) is 7.51. The second-order valence-electron chi connectivity index (χ2n) is 9.92. The topological polar surface area (TPSA) is 90.0 Å². The first kappa shape index (κ1) is 29.3. The van der Waals surface area contributed by atoms with E-state index in [9.17, 15) is 22.4 Å². The van der Waals surface area contributed by atoms with Gasteiger partial charge in [0, 0.05) is 26.2 Å². The minimum atomic E-state index is -4.22. The van der Waals surface area contributed by atoms with Crippen LogP contribution in [0.1, 0.15) is 45.2 Å². The molecule has 1 atom stereocenters. The van der Waals surface area contributed by atoms with Crippen molar-refractivity contribution in [1.29, 1.82) is 0 Å². The molecular weight excluding hydrogens is 483 g/mol. The molecule has 0 aliphatic heterocycles.